The van der Waals surface area contributed by atoms with E-state index in [-0.39, 0.29) is 11.3 Å². The van der Waals surface area contributed by atoms with Crippen molar-refractivity contribution in [1.82, 2.24) is 4.98 Å². The van der Waals surface area contributed by atoms with Crippen molar-refractivity contribution < 1.29 is 19.1 Å². The number of esters is 1. The Morgan fingerprint density at radius 2 is 1.52 bits per heavy atom. The third-order valence-electron chi connectivity index (χ3n) is 4.05. The minimum Gasteiger partial charge on any atom is -0.449 e. The second-order valence-corrected chi connectivity index (χ2v) is 6.61. The summed E-state index contributed by atoms with van der Waals surface area (Å²) in [5.41, 5.74) is 1.25. The van der Waals surface area contributed by atoms with E-state index in [9.17, 15) is 14.4 Å². The van der Waals surface area contributed by atoms with Gasteiger partial charge in [-0.15, -0.1) is 0 Å². The lowest BCUT2D eigenvalue weighted by Crippen LogP contribution is -2.30. The van der Waals surface area contributed by atoms with E-state index in [0.717, 1.165) is 0 Å². The molecule has 29 heavy (non-hydrogen) atoms. The summed E-state index contributed by atoms with van der Waals surface area (Å²) >= 11 is 5.75. The number of anilines is 1. The van der Waals surface area contributed by atoms with Gasteiger partial charge in [0.1, 0.15) is 5.82 Å². The van der Waals surface area contributed by atoms with Crippen LogP contribution in [0.3, 0.4) is 0 Å². The van der Waals surface area contributed by atoms with Gasteiger partial charge in [0, 0.05) is 17.3 Å². The van der Waals surface area contributed by atoms with Crippen LogP contribution >= 0.6 is 11.6 Å². The average molecular weight is 409 g/mol. The number of hydrogen-bond donors (Lipinski definition) is 1. The van der Waals surface area contributed by atoms with Crippen molar-refractivity contribution in [2.24, 2.45) is 0 Å². The number of aromatic nitrogens is 1. The van der Waals surface area contributed by atoms with Crippen LogP contribution in [0.15, 0.2) is 72.9 Å². The highest BCUT2D eigenvalue weighted by molar-refractivity contribution is 6.30. The fraction of sp³-hybridized carbons (Fsp3) is 0.0909. The Kier molecular flexibility index (Phi) is 6.36. The van der Waals surface area contributed by atoms with E-state index in [1.165, 1.54) is 31.3 Å². The summed E-state index contributed by atoms with van der Waals surface area (Å²) in [6.45, 7) is 1.45. The van der Waals surface area contributed by atoms with Crippen LogP contribution < -0.4 is 5.32 Å². The Labute approximate surface area is 172 Å². The van der Waals surface area contributed by atoms with Crippen molar-refractivity contribution in [3.63, 3.8) is 0 Å². The zero-order valence-corrected chi connectivity index (χ0v) is 16.2. The van der Waals surface area contributed by atoms with Gasteiger partial charge in [0.15, 0.2) is 11.9 Å². The van der Waals surface area contributed by atoms with Crippen molar-refractivity contribution in [2.75, 3.05) is 5.32 Å². The zero-order chi connectivity index (χ0) is 20.8. The summed E-state index contributed by atoms with van der Waals surface area (Å²) in [7, 11) is 0. The Balaban J connectivity index is 1.60. The molecule has 3 rings (SSSR count). The van der Waals surface area contributed by atoms with Crippen LogP contribution in [0, 0.1) is 0 Å². The number of pyridine rings is 1. The monoisotopic (exact) mass is 408 g/mol. The first-order chi connectivity index (χ1) is 13.9. The van der Waals surface area contributed by atoms with E-state index in [1.807, 2.05) is 6.07 Å². The fourth-order valence-corrected chi connectivity index (χ4v) is 2.59. The van der Waals surface area contributed by atoms with Gasteiger partial charge in [-0.3, -0.25) is 9.59 Å². The van der Waals surface area contributed by atoms with Crippen molar-refractivity contribution >= 4 is 35.1 Å². The molecule has 0 saturated carbocycles. The molecule has 0 saturated heterocycles. The van der Waals surface area contributed by atoms with Crippen molar-refractivity contribution in [2.45, 2.75) is 13.0 Å². The number of amides is 1. The molecular weight excluding hydrogens is 392 g/mol. The quantitative estimate of drug-likeness (QED) is 0.489. The summed E-state index contributed by atoms with van der Waals surface area (Å²) in [6.07, 6.45) is 0.358. The Bertz CT molecular complexity index is 1020. The second-order valence-electron chi connectivity index (χ2n) is 6.17. The highest BCUT2D eigenvalue weighted by Gasteiger charge is 2.20. The molecule has 3 aromatic rings. The maximum absolute atomic E-state index is 12.4. The molecule has 0 aliphatic rings. The number of carbonyl (C=O) groups is 3. The molecule has 0 aliphatic carbocycles. The minimum absolute atomic E-state index is 0.145. The Morgan fingerprint density at radius 3 is 2.14 bits per heavy atom. The van der Waals surface area contributed by atoms with Crippen LogP contribution in [0.4, 0.5) is 5.82 Å². The maximum atomic E-state index is 12.4. The van der Waals surface area contributed by atoms with Gasteiger partial charge < -0.3 is 10.1 Å². The molecule has 0 radical (unpaired) electrons. The molecule has 146 valence electrons. The average Bonchev–Trinajstić information content (AvgIpc) is 2.75. The van der Waals surface area contributed by atoms with Gasteiger partial charge in [-0.2, -0.15) is 0 Å². The first kappa shape index (κ1) is 20.2. The fourth-order valence-electron chi connectivity index (χ4n) is 2.47. The molecule has 1 aromatic heterocycles. The summed E-state index contributed by atoms with van der Waals surface area (Å²) in [6, 6.07) is 18.0. The van der Waals surface area contributed by atoms with Gasteiger partial charge in [-0.1, -0.05) is 54.1 Å². The summed E-state index contributed by atoms with van der Waals surface area (Å²) in [5, 5.41) is 2.98. The molecule has 2 aromatic carbocycles. The van der Waals surface area contributed by atoms with Crippen LogP contribution in [0.25, 0.3) is 0 Å². The van der Waals surface area contributed by atoms with E-state index >= 15 is 0 Å². The molecule has 0 aliphatic heterocycles. The number of nitrogens with zero attached hydrogens (tertiary/aromatic N) is 1. The molecule has 0 unspecified atom stereocenters. The second kappa shape index (κ2) is 9.12. The lowest BCUT2D eigenvalue weighted by Gasteiger charge is -2.13. The standard InChI is InChI=1S/C22H17ClN2O4/c1-14(21(27)25-19-12-11-18(23)13-24-19)29-22(28)17-9-7-16(8-10-17)20(26)15-5-3-2-4-6-15/h2-14H,1H3,(H,24,25,27)/t14-/m0/s1. The Morgan fingerprint density at radius 1 is 0.897 bits per heavy atom. The van der Waals surface area contributed by atoms with E-state index < -0.39 is 18.0 Å². The normalized spacial score (nSPS) is 11.4. The van der Waals surface area contributed by atoms with Gasteiger partial charge in [-0.05, 0) is 31.2 Å². The topological polar surface area (TPSA) is 85.4 Å². The highest BCUT2D eigenvalue weighted by atomic mass is 35.5. The molecule has 1 N–H and O–H groups in total. The van der Waals surface area contributed by atoms with Gasteiger partial charge in [0.25, 0.3) is 5.91 Å². The van der Waals surface area contributed by atoms with Crippen LogP contribution in [-0.4, -0.2) is 28.7 Å². The lowest BCUT2D eigenvalue weighted by molar-refractivity contribution is -0.123. The Hall–Kier alpha value is -3.51. The predicted molar refractivity (Wildman–Crippen MR) is 109 cm³/mol. The third kappa shape index (κ3) is 5.27. The molecule has 6 nitrogen and oxygen atoms in total. The van der Waals surface area contributed by atoms with Gasteiger partial charge in [0.05, 0.1) is 10.6 Å². The smallest absolute Gasteiger partial charge is 0.338 e. The van der Waals surface area contributed by atoms with E-state index in [4.69, 9.17) is 16.3 Å². The number of carbonyl (C=O) groups excluding carboxylic acids is 3. The molecule has 0 fully saturated rings. The van der Waals surface area contributed by atoms with Crippen LogP contribution in [0.2, 0.25) is 5.02 Å². The van der Waals surface area contributed by atoms with E-state index in [2.05, 4.69) is 10.3 Å². The van der Waals surface area contributed by atoms with Crippen molar-refractivity contribution in [1.29, 1.82) is 0 Å². The van der Waals surface area contributed by atoms with Crippen molar-refractivity contribution in [3.05, 3.63) is 94.6 Å². The molecule has 1 heterocycles. The molecule has 0 spiro atoms. The van der Waals surface area contributed by atoms with Gasteiger partial charge in [0.2, 0.25) is 0 Å². The molecule has 1 amide bonds. The number of halogens is 1. The largest absolute Gasteiger partial charge is 0.449 e. The molecular formula is C22H17ClN2O4. The zero-order valence-electron chi connectivity index (χ0n) is 15.5. The molecule has 1 atom stereocenters. The summed E-state index contributed by atoms with van der Waals surface area (Å²) in [5.74, 6) is -1.04. The van der Waals surface area contributed by atoms with Crippen LogP contribution in [-0.2, 0) is 9.53 Å². The number of hydrogen-bond acceptors (Lipinski definition) is 5. The summed E-state index contributed by atoms with van der Waals surface area (Å²) < 4.78 is 5.19. The predicted octanol–water partition coefficient (Wildman–Crippen LogP) is 4.15. The lowest BCUT2D eigenvalue weighted by atomic mass is 10.0. The number of ether oxygens (including phenoxy) is 1. The molecule has 7 heteroatoms. The van der Waals surface area contributed by atoms with E-state index in [0.29, 0.717) is 22.0 Å². The van der Waals surface area contributed by atoms with Gasteiger partial charge in [-0.25, -0.2) is 9.78 Å². The highest BCUT2D eigenvalue weighted by Crippen LogP contribution is 2.13. The third-order valence-corrected chi connectivity index (χ3v) is 4.27. The van der Waals surface area contributed by atoms with Crippen LogP contribution in [0.5, 0.6) is 0 Å². The van der Waals surface area contributed by atoms with E-state index in [1.54, 1.807) is 42.5 Å². The minimum atomic E-state index is -1.04. The maximum Gasteiger partial charge on any atom is 0.338 e. The number of benzene rings is 2. The number of rotatable bonds is 6. The SMILES string of the molecule is C[C@H](OC(=O)c1ccc(C(=O)c2ccccc2)cc1)C(=O)Nc1ccc(Cl)cn1. The van der Waals surface area contributed by atoms with Crippen molar-refractivity contribution in [3.8, 4) is 0 Å². The number of nitrogens with one attached hydrogen (secondary N) is 1. The number of ketones is 1. The first-order valence-corrected chi connectivity index (χ1v) is 9.15. The van der Waals surface area contributed by atoms with Crippen LogP contribution in [0.1, 0.15) is 33.2 Å². The van der Waals surface area contributed by atoms with Gasteiger partial charge >= 0.3 is 5.97 Å². The first-order valence-electron chi connectivity index (χ1n) is 8.77. The molecule has 0 bridgehead atoms. The summed E-state index contributed by atoms with van der Waals surface area (Å²) in [4.78, 5) is 40.8.